The van der Waals surface area contributed by atoms with E-state index >= 15 is 0 Å². The first-order chi connectivity index (χ1) is 8.94. The normalized spacial score (nSPS) is 19.6. The maximum Gasteiger partial charge on any atom is 0.242 e. The summed E-state index contributed by atoms with van der Waals surface area (Å²) in [4.78, 5) is 0.116. The van der Waals surface area contributed by atoms with Crippen LogP contribution in [0.25, 0.3) is 0 Å². The van der Waals surface area contributed by atoms with Gasteiger partial charge in [0.1, 0.15) is 5.75 Å². The summed E-state index contributed by atoms with van der Waals surface area (Å²) in [5.74, 6) is 0.426. The van der Waals surface area contributed by atoms with Crippen LogP contribution in [0.4, 0.5) is 0 Å². The Bertz CT molecular complexity index is 574. The number of halogens is 2. The van der Waals surface area contributed by atoms with E-state index in [4.69, 9.17) is 16.3 Å². The average Bonchev–Trinajstić information content (AvgIpc) is 2.83. The highest BCUT2D eigenvalue weighted by atomic mass is 79.9. The van der Waals surface area contributed by atoms with E-state index < -0.39 is 10.0 Å². The molecular formula is C11H14BrClN2O3S. The van der Waals surface area contributed by atoms with Crippen molar-refractivity contribution in [3.63, 3.8) is 0 Å². The minimum absolute atomic E-state index is 0.0854. The molecule has 0 aliphatic carbocycles. The van der Waals surface area contributed by atoms with Crippen LogP contribution in [0.1, 0.15) is 6.42 Å². The number of rotatable bonds is 4. The molecule has 2 N–H and O–H groups in total. The second-order valence-electron chi connectivity index (χ2n) is 4.23. The molecule has 5 nitrogen and oxygen atoms in total. The van der Waals surface area contributed by atoms with Crippen molar-refractivity contribution in [3.8, 4) is 5.75 Å². The monoisotopic (exact) mass is 368 g/mol. The summed E-state index contributed by atoms with van der Waals surface area (Å²) in [5, 5.41) is 3.37. The molecule has 106 valence electrons. The molecule has 1 aromatic rings. The minimum atomic E-state index is -3.60. The molecule has 0 amide bonds. The topological polar surface area (TPSA) is 67.4 Å². The average molecular weight is 370 g/mol. The van der Waals surface area contributed by atoms with Gasteiger partial charge in [-0.1, -0.05) is 11.6 Å². The van der Waals surface area contributed by atoms with Gasteiger partial charge in [0.05, 0.1) is 17.0 Å². The highest BCUT2D eigenvalue weighted by molar-refractivity contribution is 9.10. The van der Waals surface area contributed by atoms with Gasteiger partial charge in [-0.3, -0.25) is 0 Å². The fourth-order valence-corrected chi connectivity index (χ4v) is 4.53. The highest BCUT2D eigenvalue weighted by Crippen LogP contribution is 2.33. The number of hydrogen-bond donors (Lipinski definition) is 2. The van der Waals surface area contributed by atoms with Crippen LogP contribution >= 0.6 is 27.5 Å². The molecule has 0 radical (unpaired) electrons. The Hall–Kier alpha value is -0.340. The van der Waals surface area contributed by atoms with Crippen molar-refractivity contribution in [1.82, 2.24) is 10.0 Å². The molecule has 1 aliphatic heterocycles. The molecule has 0 saturated carbocycles. The van der Waals surface area contributed by atoms with Crippen molar-refractivity contribution >= 4 is 37.6 Å². The lowest BCUT2D eigenvalue weighted by Gasteiger charge is -2.14. The number of benzene rings is 1. The number of sulfonamides is 1. The molecule has 1 heterocycles. The van der Waals surface area contributed by atoms with Crippen molar-refractivity contribution < 1.29 is 13.2 Å². The third-order valence-corrected chi connectivity index (χ3v) is 5.65. The van der Waals surface area contributed by atoms with Crippen molar-refractivity contribution in [2.45, 2.75) is 17.4 Å². The Morgan fingerprint density at radius 1 is 1.53 bits per heavy atom. The van der Waals surface area contributed by atoms with Crippen LogP contribution in [0.3, 0.4) is 0 Å². The predicted molar refractivity (Wildman–Crippen MR) is 77.3 cm³/mol. The maximum atomic E-state index is 12.3. The van der Waals surface area contributed by atoms with Crippen molar-refractivity contribution in [2.75, 3.05) is 20.2 Å². The van der Waals surface area contributed by atoms with E-state index in [9.17, 15) is 8.42 Å². The fraction of sp³-hybridized carbons (Fsp3) is 0.455. The second kappa shape index (κ2) is 5.97. The van der Waals surface area contributed by atoms with Crippen molar-refractivity contribution in [3.05, 3.63) is 21.6 Å². The van der Waals surface area contributed by atoms with Gasteiger partial charge in [0, 0.05) is 17.1 Å². The zero-order valence-corrected chi connectivity index (χ0v) is 13.4. The molecule has 1 atom stereocenters. The van der Waals surface area contributed by atoms with Gasteiger partial charge in [-0.15, -0.1) is 0 Å². The third kappa shape index (κ3) is 3.41. The van der Waals surface area contributed by atoms with Gasteiger partial charge in [0.25, 0.3) is 0 Å². The summed E-state index contributed by atoms with van der Waals surface area (Å²) in [6.07, 6.45) is 0.779. The van der Waals surface area contributed by atoms with Gasteiger partial charge in [0.2, 0.25) is 10.0 Å². The van der Waals surface area contributed by atoms with Crippen molar-refractivity contribution in [2.24, 2.45) is 0 Å². The van der Waals surface area contributed by atoms with Gasteiger partial charge in [-0.25, -0.2) is 13.1 Å². The minimum Gasteiger partial charge on any atom is -0.495 e. The molecule has 1 aromatic carbocycles. The first-order valence-corrected chi connectivity index (χ1v) is 8.35. The lowest BCUT2D eigenvalue weighted by molar-refractivity contribution is 0.414. The van der Waals surface area contributed by atoms with Crippen LogP contribution in [0.15, 0.2) is 21.5 Å². The van der Waals surface area contributed by atoms with Crippen LogP contribution < -0.4 is 14.8 Å². The molecule has 19 heavy (non-hydrogen) atoms. The largest absolute Gasteiger partial charge is 0.495 e. The summed E-state index contributed by atoms with van der Waals surface area (Å²) in [5.41, 5.74) is 0. The summed E-state index contributed by atoms with van der Waals surface area (Å²) in [7, 11) is -2.12. The van der Waals surface area contributed by atoms with Gasteiger partial charge < -0.3 is 10.1 Å². The highest BCUT2D eigenvalue weighted by Gasteiger charge is 2.25. The summed E-state index contributed by atoms with van der Waals surface area (Å²) in [6, 6.07) is 2.84. The van der Waals surface area contributed by atoms with E-state index in [1.54, 1.807) is 6.07 Å². The van der Waals surface area contributed by atoms with Crippen LogP contribution in [0.2, 0.25) is 5.02 Å². The zero-order valence-electron chi connectivity index (χ0n) is 10.2. The quantitative estimate of drug-likeness (QED) is 0.848. The Balaban J connectivity index is 2.31. The lowest BCUT2D eigenvalue weighted by atomic mass is 10.3. The van der Waals surface area contributed by atoms with E-state index in [1.807, 2.05) is 0 Å². The molecule has 1 aliphatic rings. The Labute approximate surface area is 125 Å². The third-order valence-electron chi connectivity index (χ3n) is 2.88. The standard InChI is InChI=1S/C11H14BrClN2O3S/c1-18-10-4-8(12)11(5-9(10)13)19(16,17)15-7-2-3-14-6-7/h4-5,7,14-15H,2-3,6H2,1H3. The molecule has 1 fully saturated rings. The molecule has 8 heteroatoms. The molecule has 1 saturated heterocycles. The van der Waals surface area contributed by atoms with Crippen LogP contribution in [-0.4, -0.2) is 34.7 Å². The van der Waals surface area contributed by atoms with Crippen molar-refractivity contribution in [1.29, 1.82) is 0 Å². The molecule has 0 bridgehead atoms. The van der Waals surface area contributed by atoms with E-state index in [0.29, 0.717) is 16.8 Å². The first kappa shape index (κ1) is 15.1. The molecule has 0 aromatic heterocycles. The summed E-state index contributed by atoms with van der Waals surface area (Å²) in [6.45, 7) is 1.46. The van der Waals surface area contributed by atoms with Crippen LogP contribution in [0, 0.1) is 0 Å². The van der Waals surface area contributed by atoms with Gasteiger partial charge in [-0.2, -0.15) is 0 Å². The van der Waals surface area contributed by atoms with E-state index in [0.717, 1.165) is 13.0 Å². The van der Waals surface area contributed by atoms with Crippen LogP contribution in [0.5, 0.6) is 5.75 Å². The number of hydrogen-bond acceptors (Lipinski definition) is 4. The van der Waals surface area contributed by atoms with E-state index in [-0.39, 0.29) is 16.0 Å². The molecule has 1 unspecified atom stereocenters. The molecular weight excluding hydrogens is 356 g/mol. The predicted octanol–water partition coefficient (Wildman–Crippen LogP) is 1.75. The number of methoxy groups -OCH3 is 1. The van der Waals surface area contributed by atoms with Gasteiger partial charge >= 0.3 is 0 Å². The van der Waals surface area contributed by atoms with Gasteiger partial charge in [-0.05, 0) is 41.0 Å². The van der Waals surface area contributed by atoms with E-state index in [1.165, 1.54) is 13.2 Å². The maximum absolute atomic E-state index is 12.3. The van der Waals surface area contributed by atoms with E-state index in [2.05, 4.69) is 26.0 Å². The number of ether oxygens (including phenoxy) is 1. The smallest absolute Gasteiger partial charge is 0.242 e. The molecule has 0 spiro atoms. The SMILES string of the molecule is COc1cc(Br)c(S(=O)(=O)NC2CCNC2)cc1Cl. The fourth-order valence-electron chi connectivity index (χ4n) is 1.91. The summed E-state index contributed by atoms with van der Waals surface area (Å²) < 4.78 is 32.7. The van der Waals surface area contributed by atoms with Crippen LogP contribution in [-0.2, 0) is 10.0 Å². The Kier molecular flexibility index (Phi) is 4.73. The first-order valence-electron chi connectivity index (χ1n) is 5.70. The Morgan fingerprint density at radius 3 is 2.84 bits per heavy atom. The lowest BCUT2D eigenvalue weighted by Crippen LogP contribution is -2.36. The number of nitrogens with one attached hydrogen (secondary N) is 2. The molecule has 2 rings (SSSR count). The summed E-state index contributed by atoms with van der Waals surface area (Å²) >= 11 is 9.21. The van der Waals surface area contributed by atoms with Gasteiger partial charge in [0.15, 0.2) is 0 Å². The Morgan fingerprint density at radius 2 is 2.26 bits per heavy atom. The zero-order chi connectivity index (χ0) is 14.0. The second-order valence-corrected chi connectivity index (χ2v) is 7.17.